The lowest BCUT2D eigenvalue weighted by atomic mass is 10.0. The number of benzene rings is 3. The van der Waals surface area contributed by atoms with Gasteiger partial charge in [-0.3, -0.25) is 13.6 Å². The van der Waals surface area contributed by atoms with Crippen LogP contribution in [0.5, 0.6) is 0 Å². The van der Waals surface area contributed by atoms with Gasteiger partial charge in [0.25, 0.3) is 16.8 Å². The van der Waals surface area contributed by atoms with Gasteiger partial charge in [0.2, 0.25) is 0 Å². The maximum Gasteiger partial charge on any atom is 0.478 e. The number of alkyl halides is 18. The van der Waals surface area contributed by atoms with Gasteiger partial charge < -0.3 is 29.2 Å². The molecule has 110 heavy (non-hydrogen) atoms. The van der Waals surface area contributed by atoms with E-state index in [4.69, 9.17) is 0 Å². The highest BCUT2D eigenvalue weighted by Gasteiger charge is 2.82. The number of anilines is 3. The van der Waals surface area contributed by atoms with Crippen molar-refractivity contribution in [1.82, 2.24) is 73.0 Å². The first kappa shape index (κ1) is 78.2. The molecule has 0 aliphatic rings. The summed E-state index contributed by atoms with van der Waals surface area (Å²) in [6.45, 7) is -11.2. The summed E-state index contributed by atoms with van der Waals surface area (Å²) in [6.07, 6.45) is -39.3. The first-order chi connectivity index (χ1) is 51.5. The van der Waals surface area contributed by atoms with E-state index in [1.54, 1.807) is 0 Å². The predicted molar refractivity (Wildman–Crippen MR) is 330 cm³/mol. The maximum absolute atomic E-state index is 16.0. The van der Waals surface area contributed by atoms with Crippen LogP contribution < -0.4 is 16.0 Å². The van der Waals surface area contributed by atoms with Gasteiger partial charge in [-0.25, -0.2) is 90.7 Å². The van der Waals surface area contributed by atoms with Crippen LogP contribution in [0.3, 0.4) is 0 Å². The van der Waals surface area contributed by atoms with Crippen LogP contribution in [0.4, 0.5) is 123 Å². The Balaban J connectivity index is 0.978. The molecular formula is C63H39F24N18O4P. The molecule has 12 rings (SSSR count). The van der Waals surface area contributed by atoms with Crippen molar-refractivity contribution in [2.24, 2.45) is 0 Å². The monoisotopic (exact) mass is 1600 g/mol. The lowest BCUT2D eigenvalue weighted by Gasteiger charge is -2.45. The van der Waals surface area contributed by atoms with Gasteiger partial charge in [0.15, 0.2) is 69.3 Å². The number of nitrogens with one attached hydrogen (secondary N) is 3. The Kier molecular flexibility index (Phi) is 20.5. The van der Waals surface area contributed by atoms with Crippen molar-refractivity contribution < 1.29 is 124 Å². The minimum atomic E-state index is -9.86. The normalized spacial score (nSPS) is 13.3. The molecule has 578 valence electrons. The fourth-order valence-corrected chi connectivity index (χ4v) is 12.8. The fraction of sp³-hybridized carbons (Fsp3) is 0.238. The number of fused-ring (bicyclic) bond motifs is 3. The minimum absolute atomic E-state index is 0.0582. The topological polar surface area (TPSA) is 249 Å². The van der Waals surface area contributed by atoms with E-state index >= 15 is 96.8 Å². The maximum atomic E-state index is 16.0. The molecule has 0 radical (unpaired) electrons. The number of halogens is 24. The van der Waals surface area contributed by atoms with E-state index < -0.39 is 187 Å². The number of hydrogen-bond acceptors (Lipinski definition) is 19. The molecule has 3 N–H and O–H groups in total. The number of nitrogens with zero attached hydrogens (tertiary/aromatic N) is 15. The molecule has 0 saturated carbocycles. The molecule has 0 saturated heterocycles. The van der Waals surface area contributed by atoms with E-state index in [0.717, 1.165) is 84.5 Å². The molecule has 0 spiro atoms. The highest BCUT2D eigenvalue weighted by atomic mass is 31.2. The van der Waals surface area contributed by atoms with Gasteiger partial charge in [-0.1, -0.05) is 54.6 Å². The van der Waals surface area contributed by atoms with Gasteiger partial charge in [0, 0.05) is 75.0 Å². The van der Waals surface area contributed by atoms with Gasteiger partial charge >= 0.3 is 44.9 Å². The summed E-state index contributed by atoms with van der Waals surface area (Å²) in [5.41, 5.74) is -24.9. The van der Waals surface area contributed by atoms with E-state index in [1.165, 1.54) is 73.2 Å². The van der Waals surface area contributed by atoms with E-state index in [9.17, 15) is 13.2 Å². The second kappa shape index (κ2) is 28.9. The second-order valence-corrected chi connectivity index (χ2v) is 24.9. The van der Waals surface area contributed by atoms with Crippen molar-refractivity contribution in [1.29, 1.82) is 0 Å². The standard InChI is InChI=1S/C63H39F24N18O4P/c64-34-10-4-1-7-31(34)19-40-52-88-13-16-103(52)25-43(97-40)49-91-22-37(67)46(100-49)94-28-55(58(70,71)72,59(73,74)75)107-110(106,108-56(60(76,77)78,61(79,80)81)29-95-47-38(68)23-92-50(101-47)44-26-104-17-14-89-53(104)41(98-44)20-32-8-2-5-11-35(32)65)109-57(62(82,83)84,63(85,86)87)30-96-48-39(69)24-93-51(102-48)45-27-105-18-15-90-54(105)42(99-45)21-33-9-3-6-12-36(33)66/h1-18,22-27H,19-21,28-30H2,(H,91,94,100)(H,92,95,101)(H,93,96,102). The molecule has 0 amide bonds. The average Bonchev–Trinajstić information content (AvgIpc) is 0.937. The third-order valence-corrected chi connectivity index (χ3v) is 17.9. The molecule has 3 aromatic carbocycles. The van der Waals surface area contributed by atoms with Gasteiger partial charge in [-0.15, -0.1) is 0 Å². The van der Waals surface area contributed by atoms with E-state index in [-0.39, 0.29) is 69.3 Å². The second-order valence-electron chi connectivity index (χ2n) is 23.4. The zero-order valence-electron chi connectivity index (χ0n) is 54.0. The molecule has 12 aromatic rings. The molecule has 47 heteroatoms. The Morgan fingerprint density at radius 2 is 0.582 bits per heavy atom. The zero-order valence-corrected chi connectivity index (χ0v) is 54.9. The SMILES string of the molecule is O=P(OC(CNc1nc(-c2cn3ccnc3c(Cc3ccccc3F)n2)ncc1F)(C(F)(F)F)C(F)(F)F)(OC(CNc1nc(-c2cn3ccnc3c(Cc3ccccc3F)n2)ncc1F)(C(F)(F)F)C(F)(F)F)OC(CNc1nc(-c2cn3ccnc3c(Cc3ccccc3F)n2)ncc1F)(C(F)(F)F)C(F)(F)F. The molecule has 9 heterocycles. The smallest absolute Gasteiger partial charge is 0.364 e. The molecule has 0 atom stereocenters. The van der Waals surface area contributed by atoms with Crippen molar-refractivity contribution in [2.75, 3.05) is 35.6 Å². The number of rotatable bonds is 24. The molecule has 22 nitrogen and oxygen atoms in total. The molecule has 0 bridgehead atoms. The molecule has 0 unspecified atom stereocenters. The third kappa shape index (κ3) is 15.2. The summed E-state index contributed by atoms with van der Waals surface area (Å²) in [5.74, 6) is -18.3. The molecule has 0 aliphatic carbocycles. The summed E-state index contributed by atoms with van der Waals surface area (Å²) in [6, 6.07) is 14.7. The van der Waals surface area contributed by atoms with Gasteiger partial charge in [-0.05, 0) is 34.9 Å². The van der Waals surface area contributed by atoms with Crippen LogP contribution in [-0.2, 0) is 37.4 Å². The quantitative estimate of drug-likeness (QED) is 0.0376. The van der Waals surface area contributed by atoms with E-state index in [1.807, 2.05) is 0 Å². The van der Waals surface area contributed by atoms with E-state index in [0.29, 0.717) is 0 Å². The number of imidazole rings is 3. The van der Waals surface area contributed by atoms with Crippen LogP contribution in [0.1, 0.15) is 33.8 Å². The average molecular weight is 1600 g/mol. The van der Waals surface area contributed by atoms with Crippen molar-refractivity contribution >= 4 is 42.2 Å². The number of phosphoric acid groups is 1. The molecule has 9 aromatic heterocycles. The van der Waals surface area contributed by atoms with Gasteiger partial charge in [-0.2, -0.15) is 79.0 Å². The van der Waals surface area contributed by atoms with Gasteiger partial charge in [0.05, 0.1) is 55.3 Å². The lowest BCUT2D eigenvalue weighted by Crippen LogP contribution is -2.66. The summed E-state index contributed by atoms with van der Waals surface area (Å²) < 4.78 is 409. The minimum Gasteiger partial charge on any atom is -0.364 e. The summed E-state index contributed by atoms with van der Waals surface area (Å²) in [5, 5.41) is 2.81. The summed E-state index contributed by atoms with van der Waals surface area (Å²) in [4.78, 5) is 45.5. The summed E-state index contributed by atoms with van der Waals surface area (Å²) in [7, 11) is -9.86. The van der Waals surface area contributed by atoms with Crippen molar-refractivity contribution in [3.63, 3.8) is 0 Å². The van der Waals surface area contributed by atoms with Crippen LogP contribution in [0, 0.1) is 34.9 Å². The van der Waals surface area contributed by atoms with Crippen molar-refractivity contribution in [2.45, 2.75) is 73.1 Å². The van der Waals surface area contributed by atoms with Crippen LogP contribution in [0.25, 0.3) is 51.5 Å². The van der Waals surface area contributed by atoms with Crippen LogP contribution in [0.2, 0.25) is 0 Å². The third-order valence-electron chi connectivity index (χ3n) is 16.3. The Morgan fingerprint density at radius 1 is 0.336 bits per heavy atom. The first-order valence-corrected chi connectivity index (χ1v) is 32.1. The number of phosphoric ester groups is 1. The lowest BCUT2D eigenvalue weighted by molar-refractivity contribution is -0.385. The first-order valence-electron chi connectivity index (χ1n) is 30.6. The molecule has 0 aliphatic heterocycles. The van der Waals surface area contributed by atoms with Crippen molar-refractivity contribution in [3.8, 4) is 34.6 Å². The van der Waals surface area contributed by atoms with Crippen molar-refractivity contribution in [3.05, 3.63) is 216 Å². The van der Waals surface area contributed by atoms with Crippen LogP contribution >= 0.6 is 7.82 Å². The van der Waals surface area contributed by atoms with E-state index in [2.05, 4.69) is 73.4 Å². The molecular weight excluding hydrogens is 1560 g/mol. The number of hydrogen-bond donors (Lipinski definition) is 3. The molecule has 0 fully saturated rings. The predicted octanol–water partition coefficient (Wildman–Crippen LogP) is 15.2. The Hall–Kier alpha value is -11.4. The Morgan fingerprint density at radius 3 is 0.818 bits per heavy atom. The highest BCUT2D eigenvalue weighted by molar-refractivity contribution is 7.48. The van der Waals surface area contributed by atoms with Crippen LogP contribution in [0.15, 0.2) is 147 Å². The largest absolute Gasteiger partial charge is 0.478 e. The Bertz CT molecular complexity index is 4910. The number of aromatic nitrogens is 15. The van der Waals surface area contributed by atoms with Gasteiger partial charge in [0.1, 0.15) is 34.5 Å². The Labute approximate surface area is 596 Å². The highest BCUT2D eigenvalue weighted by Crippen LogP contribution is 2.69. The zero-order chi connectivity index (χ0) is 79.5. The summed E-state index contributed by atoms with van der Waals surface area (Å²) >= 11 is 0. The van der Waals surface area contributed by atoms with Crippen LogP contribution in [-0.4, -0.2) is 147 Å². The fourth-order valence-electron chi connectivity index (χ4n) is 10.7.